The Kier molecular flexibility index (Phi) is 6.01. The second kappa shape index (κ2) is 7.77. The summed E-state index contributed by atoms with van der Waals surface area (Å²) in [5.74, 6) is 1.89. The van der Waals surface area contributed by atoms with Crippen LogP contribution < -0.4 is 4.74 Å². The first kappa shape index (κ1) is 17.0. The number of nitrogens with zero attached hydrogens (tertiary/aromatic N) is 2. The Bertz CT molecular complexity index is 605. The van der Waals surface area contributed by atoms with Gasteiger partial charge in [0, 0.05) is 5.75 Å². The zero-order valence-electron chi connectivity index (χ0n) is 11.6. The van der Waals surface area contributed by atoms with E-state index in [1.54, 1.807) is 30.0 Å². The first-order valence-corrected chi connectivity index (χ1v) is 8.57. The standard InChI is InChI=1S/C13H13F3N2O2S2/c1-21-7-11-17-18-12(20-11)22-6-9-3-2-4-10(5-9)19-8-13(14,15)16/h2-5H,6-8H2,1H3. The molecule has 0 radical (unpaired) electrons. The predicted molar refractivity (Wildman–Crippen MR) is 79.1 cm³/mol. The Hall–Kier alpha value is -1.35. The molecule has 0 spiro atoms. The molecule has 0 N–H and O–H groups in total. The minimum atomic E-state index is -4.35. The molecule has 22 heavy (non-hydrogen) atoms. The summed E-state index contributed by atoms with van der Waals surface area (Å²) in [5, 5.41) is 8.21. The Morgan fingerprint density at radius 3 is 2.77 bits per heavy atom. The monoisotopic (exact) mass is 350 g/mol. The van der Waals surface area contributed by atoms with E-state index < -0.39 is 12.8 Å². The van der Waals surface area contributed by atoms with Gasteiger partial charge in [-0.25, -0.2) is 0 Å². The number of hydrogen-bond acceptors (Lipinski definition) is 6. The summed E-state index contributed by atoms with van der Waals surface area (Å²) in [7, 11) is 0. The van der Waals surface area contributed by atoms with Crippen molar-refractivity contribution >= 4 is 23.5 Å². The summed E-state index contributed by atoms with van der Waals surface area (Å²) in [6.45, 7) is -1.30. The van der Waals surface area contributed by atoms with Crippen molar-refractivity contribution in [3.63, 3.8) is 0 Å². The Balaban J connectivity index is 1.89. The highest BCUT2D eigenvalue weighted by atomic mass is 32.2. The zero-order valence-corrected chi connectivity index (χ0v) is 13.2. The van der Waals surface area contributed by atoms with Crippen LogP contribution in [0, 0.1) is 0 Å². The van der Waals surface area contributed by atoms with Crippen molar-refractivity contribution < 1.29 is 22.3 Å². The lowest BCUT2D eigenvalue weighted by Crippen LogP contribution is -2.19. The fraction of sp³-hybridized carbons (Fsp3) is 0.385. The molecule has 0 saturated heterocycles. The first-order chi connectivity index (χ1) is 10.5. The fourth-order valence-electron chi connectivity index (χ4n) is 1.51. The van der Waals surface area contributed by atoms with Crippen molar-refractivity contribution in [1.82, 2.24) is 10.2 Å². The van der Waals surface area contributed by atoms with Crippen molar-refractivity contribution in [3.05, 3.63) is 35.7 Å². The number of thioether (sulfide) groups is 2. The molecule has 0 atom stereocenters. The van der Waals surface area contributed by atoms with E-state index >= 15 is 0 Å². The fourth-order valence-corrected chi connectivity index (χ4v) is 2.60. The van der Waals surface area contributed by atoms with Crippen molar-refractivity contribution in [2.24, 2.45) is 0 Å². The smallest absolute Gasteiger partial charge is 0.422 e. The Morgan fingerprint density at radius 2 is 2.05 bits per heavy atom. The van der Waals surface area contributed by atoms with E-state index in [1.807, 2.05) is 6.26 Å². The lowest BCUT2D eigenvalue weighted by molar-refractivity contribution is -0.153. The third-order valence-corrected chi connectivity index (χ3v) is 3.80. The molecule has 0 amide bonds. The Labute approximate surface area is 133 Å². The normalized spacial score (nSPS) is 11.6. The minimum absolute atomic E-state index is 0.184. The van der Waals surface area contributed by atoms with E-state index in [4.69, 9.17) is 9.15 Å². The predicted octanol–water partition coefficient (Wildman–Crippen LogP) is 4.17. The van der Waals surface area contributed by atoms with Crippen LogP contribution in [0.2, 0.25) is 0 Å². The van der Waals surface area contributed by atoms with Crippen LogP contribution in [0.25, 0.3) is 0 Å². The van der Waals surface area contributed by atoms with E-state index in [-0.39, 0.29) is 5.75 Å². The van der Waals surface area contributed by atoms with Gasteiger partial charge in [0.1, 0.15) is 5.75 Å². The number of rotatable bonds is 7. The number of aromatic nitrogens is 2. The molecule has 9 heteroatoms. The van der Waals surface area contributed by atoms with Crippen LogP contribution in [0.1, 0.15) is 11.5 Å². The largest absolute Gasteiger partial charge is 0.484 e. The van der Waals surface area contributed by atoms with E-state index in [9.17, 15) is 13.2 Å². The van der Waals surface area contributed by atoms with Gasteiger partial charge in [-0.2, -0.15) is 24.9 Å². The summed E-state index contributed by atoms with van der Waals surface area (Å²) < 4.78 is 46.5. The number of benzene rings is 1. The molecule has 0 bridgehead atoms. The molecular formula is C13H13F3N2O2S2. The number of alkyl halides is 3. The van der Waals surface area contributed by atoms with Gasteiger partial charge in [-0.1, -0.05) is 23.9 Å². The summed E-state index contributed by atoms with van der Waals surface area (Å²) in [6, 6.07) is 6.50. The third kappa shape index (κ3) is 5.80. The molecule has 0 saturated carbocycles. The van der Waals surface area contributed by atoms with Crippen molar-refractivity contribution in [3.8, 4) is 5.75 Å². The number of halogens is 3. The van der Waals surface area contributed by atoms with Crippen LogP contribution >= 0.6 is 23.5 Å². The molecule has 0 aliphatic carbocycles. The summed E-state index contributed by atoms with van der Waals surface area (Å²) >= 11 is 2.90. The molecule has 1 aromatic heterocycles. The summed E-state index contributed by atoms with van der Waals surface area (Å²) in [6.07, 6.45) is -2.41. The topological polar surface area (TPSA) is 48.2 Å². The van der Waals surface area contributed by atoms with E-state index in [0.29, 0.717) is 22.6 Å². The second-order valence-corrected chi connectivity index (χ2v) is 6.03. The molecule has 0 fully saturated rings. The quantitative estimate of drug-likeness (QED) is 0.699. The highest BCUT2D eigenvalue weighted by Gasteiger charge is 2.28. The van der Waals surface area contributed by atoms with Crippen molar-refractivity contribution in [2.75, 3.05) is 12.9 Å². The zero-order chi connectivity index (χ0) is 16.0. The van der Waals surface area contributed by atoms with Gasteiger partial charge in [-0.15, -0.1) is 10.2 Å². The van der Waals surface area contributed by atoms with Crippen LogP contribution in [-0.2, 0) is 11.5 Å². The van der Waals surface area contributed by atoms with Gasteiger partial charge >= 0.3 is 6.18 Å². The Morgan fingerprint density at radius 1 is 1.23 bits per heavy atom. The third-order valence-electron chi connectivity index (χ3n) is 2.38. The molecule has 0 aliphatic heterocycles. The summed E-state index contributed by atoms with van der Waals surface area (Å²) in [4.78, 5) is 0. The van der Waals surface area contributed by atoms with Gasteiger partial charge in [0.25, 0.3) is 5.22 Å². The average Bonchev–Trinajstić information content (AvgIpc) is 2.91. The molecule has 1 heterocycles. The highest BCUT2D eigenvalue weighted by Crippen LogP contribution is 2.25. The molecule has 0 unspecified atom stereocenters. The number of ether oxygens (including phenoxy) is 1. The van der Waals surface area contributed by atoms with Gasteiger partial charge in [-0.05, 0) is 24.0 Å². The first-order valence-electron chi connectivity index (χ1n) is 6.19. The van der Waals surface area contributed by atoms with E-state index in [1.165, 1.54) is 17.8 Å². The lowest BCUT2D eigenvalue weighted by atomic mass is 10.2. The molecule has 4 nitrogen and oxygen atoms in total. The second-order valence-electron chi connectivity index (χ2n) is 4.23. The van der Waals surface area contributed by atoms with E-state index in [2.05, 4.69) is 10.2 Å². The molecule has 1 aromatic carbocycles. The molecule has 2 aromatic rings. The van der Waals surface area contributed by atoms with Gasteiger partial charge in [0.15, 0.2) is 6.61 Å². The SMILES string of the molecule is CSCc1nnc(SCc2cccc(OCC(F)(F)F)c2)o1. The van der Waals surface area contributed by atoms with E-state index in [0.717, 1.165) is 5.56 Å². The molecule has 0 aliphatic rings. The minimum Gasteiger partial charge on any atom is -0.484 e. The van der Waals surface area contributed by atoms with Crippen molar-refractivity contribution in [2.45, 2.75) is 22.9 Å². The summed E-state index contributed by atoms with van der Waals surface area (Å²) in [5.41, 5.74) is 0.814. The van der Waals surface area contributed by atoms with Gasteiger partial charge in [0.2, 0.25) is 5.89 Å². The van der Waals surface area contributed by atoms with Crippen LogP contribution in [-0.4, -0.2) is 29.2 Å². The van der Waals surface area contributed by atoms with Crippen molar-refractivity contribution in [1.29, 1.82) is 0 Å². The van der Waals surface area contributed by atoms with Crippen LogP contribution in [0.4, 0.5) is 13.2 Å². The maximum absolute atomic E-state index is 12.1. The maximum Gasteiger partial charge on any atom is 0.422 e. The highest BCUT2D eigenvalue weighted by molar-refractivity contribution is 7.98. The average molecular weight is 350 g/mol. The van der Waals surface area contributed by atoms with Crippen LogP contribution in [0.3, 0.4) is 0 Å². The van der Waals surface area contributed by atoms with Crippen LogP contribution in [0.5, 0.6) is 5.75 Å². The maximum atomic E-state index is 12.1. The molecule has 2 rings (SSSR count). The van der Waals surface area contributed by atoms with Gasteiger partial charge in [-0.3, -0.25) is 0 Å². The molecule has 120 valence electrons. The molecular weight excluding hydrogens is 337 g/mol. The van der Waals surface area contributed by atoms with Gasteiger partial charge in [0.05, 0.1) is 5.75 Å². The van der Waals surface area contributed by atoms with Gasteiger partial charge < -0.3 is 9.15 Å². The lowest BCUT2D eigenvalue weighted by Gasteiger charge is -2.09. The van der Waals surface area contributed by atoms with Crippen LogP contribution in [0.15, 0.2) is 33.9 Å². The number of hydrogen-bond donors (Lipinski definition) is 0.